The molecule has 1 rings (SSSR count). The highest BCUT2D eigenvalue weighted by atomic mass is 32.1. The SMILES string of the molecule is CC(C)OCCN1CCN(C(C)S)CC1. The second-order valence-electron chi connectivity index (χ2n) is 4.43. The summed E-state index contributed by atoms with van der Waals surface area (Å²) in [5, 5.41) is 0.388. The van der Waals surface area contributed by atoms with Crippen molar-refractivity contribution in [2.45, 2.75) is 32.2 Å². The molecular formula is C11H24N2OS. The number of hydrogen-bond donors (Lipinski definition) is 1. The van der Waals surface area contributed by atoms with Gasteiger partial charge in [-0.1, -0.05) is 0 Å². The summed E-state index contributed by atoms with van der Waals surface area (Å²) in [7, 11) is 0. The maximum atomic E-state index is 5.55. The third-order valence-electron chi connectivity index (χ3n) is 2.79. The fourth-order valence-electron chi connectivity index (χ4n) is 1.78. The number of hydrogen-bond acceptors (Lipinski definition) is 4. The van der Waals surface area contributed by atoms with E-state index in [0.717, 1.165) is 39.3 Å². The molecule has 3 nitrogen and oxygen atoms in total. The smallest absolute Gasteiger partial charge is 0.0596 e. The van der Waals surface area contributed by atoms with Gasteiger partial charge >= 0.3 is 0 Å². The van der Waals surface area contributed by atoms with Crippen molar-refractivity contribution in [2.75, 3.05) is 39.3 Å². The zero-order valence-corrected chi connectivity index (χ0v) is 11.0. The Hall–Kier alpha value is 0.230. The van der Waals surface area contributed by atoms with Gasteiger partial charge in [0.1, 0.15) is 0 Å². The van der Waals surface area contributed by atoms with Crippen LogP contribution < -0.4 is 0 Å². The van der Waals surface area contributed by atoms with Gasteiger partial charge in [0.2, 0.25) is 0 Å². The van der Waals surface area contributed by atoms with Crippen molar-refractivity contribution in [3.05, 3.63) is 0 Å². The van der Waals surface area contributed by atoms with Crippen molar-refractivity contribution in [3.63, 3.8) is 0 Å². The van der Waals surface area contributed by atoms with Crippen LogP contribution in [0.1, 0.15) is 20.8 Å². The van der Waals surface area contributed by atoms with Gasteiger partial charge in [-0.05, 0) is 20.8 Å². The van der Waals surface area contributed by atoms with E-state index in [1.165, 1.54) is 0 Å². The summed E-state index contributed by atoms with van der Waals surface area (Å²) in [4.78, 5) is 4.87. The molecule has 1 saturated heterocycles. The Morgan fingerprint density at radius 2 is 1.73 bits per heavy atom. The molecule has 90 valence electrons. The minimum atomic E-state index is 0.351. The molecule has 0 aromatic rings. The maximum absolute atomic E-state index is 5.55. The molecule has 4 heteroatoms. The van der Waals surface area contributed by atoms with Crippen molar-refractivity contribution >= 4 is 12.6 Å². The molecule has 15 heavy (non-hydrogen) atoms. The van der Waals surface area contributed by atoms with Gasteiger partial charge in [0, 0.05) is 38.1 Å². The van der Waals surface area contributed by atoms with Gasteiger partial charge in [-0.3, -0.25) is 9.80 Å². The molecule has 1 aliphatic rings. The van der Waals surface area contributed by atoms with Crippen molar-refractivity contribution in [1.29, 1.82) is 0 Å². The van der Waals surface area contributed by atoms with Crippen molar-refractivity contribution in [3.8, 4) is 0 Å². The van der Waals surface area contributed by atoms with E-state index in [-0.39, 0.29) is 0 Å². The van der Waals surface area contributed by atoms with E-state index in [1.54, 1.807) is 0 Å². The second-order valence-corrected chi connectivity index (χ2v) is 5.18. The Bertz CT molecular complexity index is 165. The number of thiol groups is 1. The van der Waals surface area contributed by atoms with Crippen LogP contribution in [0, 0.1) is 0 Å². The first kappa shape index (κ1) is 13.3. The van der Waals surface area contributed by atoms with E-state index in [2.05, 4.69) is 43.2 Å². The molecule has 0 radical (unpaired) electrons. The topological polar surface area (TPSA) is 15.7 Å². The average Bonchev–Trinajstić information content (AvgIpc) is 2.18. The first-order valence-electron chi connectivity index (χ1n) is 5.85. The standard InChI is InChI=1S/C11H24N2OS/c1-10(2)14-9-8-12-4-6-13(7-5-12)11(3)15/h10-11,15H,4-9H2,1-3H3. The van der Waals surface area contributed by atoms with Gasteiger partial charge < -0.3 is 4.74 Å². The number of ether oxygens (including phenoxy) is 1. The third kappa shape index (κ3) is 5.20. The third-order valence-corrected chi connectivity index (χ3v) is 3.12. The van der Waals surface area contributed by atoms with Crippen LogP contribution in [0.4, 0.5) is 0 Å². The maximum Gasteiger partial charge on any atom is 0.0596 e. The molecule has 0 aromatic heterocycles. The minimum absolute atomic E-state index is 0.351. The summed E-state index contributed by atoms with van der Waals surface area (Å²) >= 11 is 4.45. The van der Waals surface area contributed by atoms with Gasteiger partial charge in [0.15, 0.2) is 0 Å². The van der Waals surface area contributed by atoms with E-state index in [0.29, 0.717) is 11.5 Å². The van der Waals surface area contributed by atoms with Gasteiger partial charge in [0.05, 0.1) is 12.7 Å². The molecule has 1 fully saturated rings. The van der Waals surface area contributed by atoms with Gasteiger partial charge in [-0.15, -0.1) is 0 Å². The molecule has 0 saturated carbocycles. The largest absolute Gasteiger partial charge is 0.377 e. The van der Waals surface area contributed by atoms with E-state index in [1.807, 2.05) is 0 Å². The van der Waals surface area contributed by atoms with Gasteiger partial charge in [-0.2, -0.15) is 12.6 Å². The molecule has 1 heterocycles. The van der Waals surface area contributed by atoms with E-state index >= 15 is 0 Å². The molecule has 0 aromatic carbocycles. The van der Waals surface area contributed by atoms with E-state index in [9.17, 15) is 0 Å². The molecule has 1 aliphatic heterocycles. The van der Waals surface area contributed by atoms with Gasteiger partial charge in [0.25, 0.3) is 0 Å². The lowest BCUT2D eigenvalue weighted by molar-refractivity contribution is 0.0441. The molecule has 0 aliphatic carbocycles. The quantitative estimate of drug-likeness (QED) is 0.720. The van der Waals surface area contributed by atoms with Crippen molar-refractivity contribution < 1.29 is 4.74 Å². The lowest BCUT2D eigenvalue weighted by Gasteiger charge is -2.36. The molecule has 1 atom stereocenters. The minimum Gasteiger partial charge on any atom is -0.377 e. The Morgan fingerprint density at radius 1 is 1.13 bits per heavy atom. The van der Waals surface area contributed by atoms with Crippen LogP contribution in [0.5, 0.6) is 0 Å². The lowest BCUT2D eigenvalue weighted by atomic mass is 10.3. The number of piperazine rings is 1. The fraction of sp³-hybridized carbons (Fsp3) is 1.00. The summed E-state index contributed by atoms with van der Waals surface area (Å²) in [5.41, 5.74) is 0. The molecule has 0 bridgehead atoms. The zero-order chi connectivity index (χ0) is 11.3. The van der Waals surface area contributed by atoms with Crippen LogP contribution in [0.3, 0.4) is 0 Å². The molecular weight excluding hydrogens is 208 g/mol. The monoisotopic (exact) mass is 232 g/mol. The number of rotatable bonds is 5. The normalized spacial score (nSPS) is 22.2. The Kier molecular flexibility index (Phi) is 5.97. The van der Waals surface area contributed by atoms with Crippen LogP contribution >= 0.6 is 12.6 Å². The highest BCUT2D eigenvalue weighted by Crippen LogP contribution is 2.08. The van der Waals surface area contributed by atoms with Gasteiger partial charge in [-0.25, -0.2) is 0 Å². The van der Waals surface area contributed by atoms with E-state index in [4.69, 9.17) is 4.74 Å². The molecule has 1 unspecified atom stereocenters. The molecule has 0 spiro atoms. The first-order valence-corrected chi connectivity index (χ1v) is 6.37. The van der Waals surface area contributed by atoms with Crippen LogP contribution in [-0.2, 0) is 4.74 Å². The second kappa shape index (κ2) is 6.74. The summed E-state index contributed by atoms with van der Waals surface area (Å²) in [5.74, 6) is 0. The van der Waals surface area contributed by atoms with Crippen molar-refractivity contribution in [2.24, 2.45) is 0 Å². The predicted molar refractivity (Wildman–Crippen MR) is 67.5 cm³/mol. The van der Waals surface area contributed by atoms with Crippen LogP contribution in [0.2, 0.25) is 0 Å². The zero-order valence-electron chi connectivity index (χ0n) is 10.1. The fourth-order valence-corrected chi connectivity index (χ4v) is 2.01. The summed E-state index contributed by atoms with van der Waals surface area (Å²) in [6.07, 6.45) is 0.351. The lowest BCUT2D eigenvalue weighted by Crippen LogP contribution is -2.49. The highest BCUT2D eigenvalue weighted by molar-refractivity contribution is 7.80. The predicted octanol–water partition coefficient (Wildman–Crippen LogP) is 1.30. The first-order chi connectivity index (χ1) is 7.09. The van der Waals surface area contributed by atoms with E-state index < -0.39 is 0 Å². The summed E-state index contributed by atoms with van der Waals surface area (Å²) in [6, 6.07) is 0. The Balaban J connectivity index is 2.09. The summed E-state index contributed by atoms with van der Waals surface area (Å²) in [6.45, 7) is 12.8. The highest BCUT2D eigenvalue weighted by Gasteiger charge is 2.18. The van der Waals surface area contributed by atoms with Crippen LogP contribution in [0.25, 0.3) is 0 Å². The number of nitrogens with zero attached hydrogens (tertiary/aromatic N) is 2. The van der Waals surface area contributed by atoms with Crippen LogP contribution in [-0.4, -0.2) is 60.6 Å². The van der Waals surface area contributed by atoms with Crippen molar-refractivity contribution in [1.82, 2.24) is 9.80 Å². The molecule has 0 N–H and O–H groups in total. The average molecular weight is 232 g/mol. The summed E-state index contributed by atoms with van der Waals surface area (Å²) < 4.78 is 5.55. The Labute approximate surface area is 99.2 Å². The Morgan fingerprint density at radius 3 is 2.20 bits per heavy atom. The molecule has 0 amide bonds. The van der Waals surface area contributed by atoms with Crippen LogP contribution in [0.15, 0.2) is 0 Å².